The minimum Gasteiger partial charge on any atom is -0.345 e. The maximum Gasteiger partial charge on any atom is 0.252 e. The molecule has 0 spiro atoms. The lowest BCUT2D eigenvalue weighted by atomic mass is 10.0. The highest BCUT2D eigenvalue weighted by Gasteiger charge is 2.17. The van der Waals surface area contributed by atoms with Crippen LogP contribution in [0.2, 0.25) is 0 Å². The summed E-state index contributed by atoms with van der Waals surface area (Å²) in [4.78, 5) is 21.7. The summed E-state index contributed by atoms with van der Waals surface area (Å²) in [5.41, 5.74) is 3.11. The lowest BCUT2D eigenvalue weighted by molar-refractivity contribution is 0.0941. The number of rotatable bonds is 4. The zero-order chi connectivity index (χ0) is 20.4. The smallest absolute Gasteiger partial charge is 0.252 e. The van der Waals surface area contributed by atoms with Crippen molar-refractivity contribution in [2.75, 3.05) is 0 Å². The molecular weight excluding hydrogens is 372 g/mol. The first-order valence-corrected chi connectivity index (χ1v) is 9.09. The molecule has 1 unspecified atom stereocenters. The van der Waals surface area contributed by atoms with Crippen LogP contribution in [0.15, 0.2) is 73.1 Å². The third-order valence-electron chi connectivity index (χ3n) is 4.73. The van der Waals surface area contributed by atoms with Crippen LogP contribution in [-0.4, -0.2) is 15.9 Å². The second kappa shape index (κ2) is 7.75. The van der Waals surface area contributed by atoms with Gasteiger partial charge in [-0.25, -0.2) is 13.8 Å². The summed E-state index contributed by atoms with van der Waals surface area (Å²) in [7, 11) is 0. The zero-order valence-electron chi connectivity index (χ0n) is 15.6. The van der Waals surface area contributed by atoms with E-state index in [2.05, 4.69) is 15.3 Å². The van der Waals surface area contributed by atoms with Crippen LogP contribution in [0.3, 0.4) is 0 Å². The minimum atomic E-state index is -0.946. The summed E-state index contributed by atoms with van der Waals surface area (Å²) in [5, 5.41) is 3.57. The van der Waals surface area contributed by atoms with Crippen LogP contribution in [0, 0.1) is 11.6 Å². The van der Waals surface area contributed by atoms with E-state index in [0.717, 1.165) is 17.7 Å². The average molecular weight is 389 g/mol. The molecule has 4 nitrogen and oxygen atoms in total. The lowest BCUT2D eigenvalue weighted by Gasteiger charge is -2.16. The van der Waals surface area contributed by atoms with Gasteiger partial charge in [0.05, 0.1) is 22.8 Å². The third kappa shape index (κ3) is 3.82. The second-order valence-corrected chi connectivity index (χ2v) is 6.68. The number of hydrogen-bond acceptors (Lipinski definition) is 3. The molecule has 0 fully saturated rings. The highest BCUT2D eigenvalue weighted by Crippen LogP contribution is 2.25. The molecule has 1 atom stereocenters. The maximum atomic E-state index is 13.5. The van der Waals surface area contributed by atoms with Gasteiger partial charge in [-0.3, -0.25) is 9.78 Å². The second-order valence-electron chi connectivity index (χ2n) is 6.68. The lowest BCUT2D eigenvalue weighted by Crippen LogP contribution is -2.27. The summed E-state index contributed by atoms with van der Waals surface area (Å²) in [6.45, 7) is 1.72. The highest BCUT2D eigenvalue weighted by atomic mass is 19.2. The van der Waals surface area contributed by atoms with Crippen LogP contribution < -0.4 is 5.32 Å². The molecule has 1 N–H and O–H groups in total. The molecule has 2 aromatic carbocycles. The van der Waals surface area contributed by atoms with Gasteiger partial charge in [0.25, 0.3) is 5.91 Å². The molecule has 0 saturated heterocycles. The molecule has 0 radical (unpaired) electrons. The quantitative estimate of drug-likeness (QED) is 0.530. The first-order valence-electron chi connectivity index (χ1n) is 9.09. The number of fused-ring (bicyclic) bond motifs is 1. The monoisotopic (exact) mass is 389 g/mol. The molecule has 1 amide bonds. The number of carbonyl (C=O) groups is 1. The molecule has 2 heterocycles. The molecule has 0 aliphatic carbocycles. The summed E-state index contributed by atoms with van der Waals surface area (Å²) in [5.74, 6) is -2.19. The van der Waals surface area contributed by atoms with Crippen LogP contribution in [0.4, 0.5) is 8.78 Å². The van der Waals surface area contributed by atoms with E-state index in [1.54, 1.807) is 25.4 Å². The molecule has 2 aromatic heterocycles. The fraction of sp³-hybridized carbons (Fsp3) is 0.0870. The number of pyridine rings is 2. The number of aromatic nitrogens is 2. The summed E-state index contributed by atoms with van der Waals surface area (Å²) >= 11 is 0. The van der Waals surface area contributed by atoms with Crippen molar-refractivity contribution < 1.29 is 13.6 Å². The van der Waals surface area contributed by atoms with Gasteiger partial charge < -0.3 is 5.32 Å². The van der Waals surface area contributed by atoms with Gasteiger partial charge in [-0.2, -0.15) is 0 Å². The predicted octanol–water partition coefficient (Wildman–Crippen LogP) is 5.07. The van der Waals surface area contributed by atoms with Gasteiger partial charge in [0, 0.05) is 23.3 Å². The summed E-state index contributed by atoms with van der Waals surface area (Å²) in [6.07, 6.45) is 3.33. The number of nitrogens with one attached hydrogen (secondary N) is 1. The molecular formula is C23H17F2N3O. The Labute approximate surface area is 166 Å². The van der Waals surface area contributed by atoms with Gasteiger partial charge in [0.1, 0.15) is 0 Å². The fourth-order valence-corrected chi connectivity index (χ4v) is 3.17. The Balaban J connectivity index is 1.72. The van der Waals surface area contributed by atoms with Gasteiger partial charge in [0.2, 0.25) is 0 Å². The molecule has 0 saturated carbocycles. The molecule has 0 aliphatic heterocycles. The van der Waals surface area contributed by atoms with E-state index in [4.69, 9.17) is 0 Å². The molecule has 0 bridgehead atoms. The molecule has 29 heavy (non-hydrogen) atoms. The SMILES string of the molecule is CC(NC(=O)c1cc(-c2ccncc2)nc2ccccc12)c1ccc(F)c(F)c1. The minimum absolute atomic E-state index is 0.323. The van der Waals surface area contributed by atoms with Crippen LogP contribution in [0.25, 0.3) is 22.2 Å². The number of amides is 1. The van der Waals surface area contributed by atoms with Gasteiger partial charge in [-0.1, -0.05) is 24.3 Å². The standard InChI is InChI=1S/C23H17F2N3O/c1-14(16-6-7-19(24)20(25)12-16)27-23(29)18-13-22(15-8-10-26-11-9-15)28-21-5-3-2-4-17(18)21/h2-14H,1H3,(H,27,29). The molecule has 4 aromatic rings. The van der Waals surface area contributed by atoms with Crippen molar-refractivity contribution in [1.82, 2.24) is 15.3 Å². The van der Waals surface area contributed by atoms with Crippen LogP contribution in [-0.2, 0) is 0 Å². The number of para-hydroxylation sites is 1. The van der Waals surface area contributed by atoms with Gasteiger partial charge >= 0.3 is 0 Å². The van der Waals surface area contributed by atoms with E-state index in [-0.39, 0.29) is 5.91 Å². The van der Waals surface area contributed by atoms with Crippen LogP contribution in [0.1, 0.15) is 28.9 Å². The van der Waals surface area contributed by atoms with E-state index in [0.29, 0.717) is 27.7 Å². The van der Waals surface area contributed by atoms with E-state index in [1.807, 2.05) is 36.4 Å². The highest BCUT2D eigenvalue weighted by molar-refractivity contribution is 6.07. The third-order valence-corrected chi connectivity index (χ3v) is 4.73. The van der Waals surface area contributed by atoms with E-state index < -0.39 is 17.7 Å². The number of carbonyl (C=O) groups excluding carboxylic acids is 1. The average Bonchev–Trinajstić information content (AvgIpc) is 2.75. The van der Waals surface area contributed by atoms with Crippen molar-refractivity contribution in [3.05, 3.63) is 95.8 Å². The Bertz CT molecular complexity index is 1200. The predicted molar refractivity (Wildman–Crippen MR) is 107 cm³/mol. The van der Waals surface area contributed by atoms with Crippen LogP contribution >= 0.6 is 0 Å². The number of halogens is 2. The van der Waals surface area contributed by atoms with Crippen molar-refractivity contribution in [2.45, 2.75) is 13.0 Å². The van der Waals surface area contributed by atoms with Gasteiger partial charge in [-0.05, 0) is 48.9 Å². The largest absolute Gasteiger partial charge is 0.345 e. The Kier molecular flexibility index (Phi) is 4.99. The molecule has 4 rings (SSSR count). The van der Waals surface area contributed by atoms with Crippen molar-refractivity contribution >= 4 is 16.8 Å². The Hall–Kier alpha value is -3.67. The van der Waals surface area contributed by atoms with E-state index in [9.17, 15) is 13.6 Å². The topological polar surface area (TPSA) is 54.9 Å². The summed E-state index contributed by atoms with van der Waals surface area (Å²) < 4.78 is 26.7. The van der Waals surface area contributed by atoms with Crippen molar-refractivity contribution in [3.8, 4) is 11.3 Å². The normalized spacial score (nSPS) is 12.0. The first-order chi connectivity index (χ1) is 14.0. The van der Waals surface area contributed by atoms with Crippen LogP contribution in [0.5, 0.6) is 0 Å². The first kappa shape index (κ1) is 18.7. The number of hydrogen-bond donors (Lipinski definition) is 1. The molecule has 6 heteroatoms. The van der Waals surface area contributed by atoms with E-state index >= 15 is 0 Å². The number of benzene rings is 2. The van der Waals surface area contributed by atoms with Gasteiger partial charge in [0.15, 0.2) is 11.6 Å². The molecule has 144 valence electrons. The summed E-state index contributed by atoms with van der Waals surface area (Å²) in [6, 6.07) is 15.8. The Morgan fingerprint density at radius 1 is 0.966 bits per heavy atom. The number of nitrogens with zero attached hydrogens (tertiary/aromatic N) is 2. The zero-order valence-corrected chi connectivity index (χ0v) is 15.6. The maximum absolute atomic E-state index is 13.5. The van der Waals surface area contributed by atoms with E-state index in [1.165, 1.54) is 6.07 Å². The molecule has 0 aliphatic rings. The fourth-order valence-electron chi connectivity index (χ4n) is 3.17. The Morgan fingerprint density at radius 2 is 1.72 bits per heavy atom. The Morgan fingerprint density at radius 3 is 2.48 bits per heavy atom. The van der Waals surface area contributed by atoms with Crippen molar-refractivity contribution in [1.29, 1.82) is 0 Å². The van der Waals surface area contributed by atoms with Crippen molar-refractivity contribution in [3.63, 3.8) is 0 Å². The van der Waals surface area contributed by atoms with Gasteiger partial charge in [-0.15, -0.1) is 0 Å². The van der Waals surface area contributed by atoms with Crippen molar-refractivity contribution in [2.24, 2.45) is 0 Å².